The maximum atomic E-state index is 13.1. The zero-order chi connectivity index (χ0) is 25.4. The fourth-order valence-corrected chi connectivity index (χ4v) is 5.98. The van der Waals surface area contributed by atoms with Gasteiger partial charge in [0.15, 0.2) is 11.7 Å². The van der Waals surface area contributed by atoms with Crippen LogP contribution in [0.2, 0.25) is 5.02 Å². The van der Waals surface area contributed by atoms with Crippen LogP contribution in [0.15, 0.2) is 24.3 Å². The van der Waals surface area contributed by atoms with E-state index in [9.17, 15) is 18.8 Å². The van der Waals surface area contributed by atoms with Crippen LogP contribution in [0.4, 0.5) is 4.39 Å². The first-order valence-electron chi connectivity index (χ1n) is 11.7. The summed E-state index contributed by atoms with van der Waals surface area (Å²) in [6, 6.07) is 5.95. The van der Waals surface area contributed by atoms with E-state index in [2.05, 4.69) is 25.5 Å². The number of aromatic nitrogens is 2. The Labute approximate surface area is 216 Å². The van der Waals surface area contributed by atoms with Crippen molar-refractivity contribution in [3.05, 3.63) is 50.6 Å². The normalized spacial score (nSPS) is 20.2. The van der Waals surface area contributed by atoms with Gasteiger partial charge in [0.1, 0.15) is 5.69 Å². The molecule has 2 atom stereocenters. The second-order valence-electron chi connectivity index (χ2n) is 9.21. The van der Waals surface area contributed by atoms with Gasteiger partial charge in [0.25, 0.3) is 17.7 Å². The van der Waals surface area contributed by atoms with Crippen molar-refractivity contribution in [1.29, 1.82) is 0 Å². The number of carbonyl (C=O) groups excluding carboxylic acids is 3. The molecule has 3 amide bonds. The van der Waals surface area contributed by atoms with E-state index < -0.39 is 24.7 Å². The number of likely N-dealkylation sites (tertiary alicyclic amines) is 1. The Morgan fingerprint density at radius 3 is 2.81 bits per heavy atom. The molecule has 1 aromatic carbocycles. The van der Waals surface area contributed by atoms with Crippen molar-refractivity contribution in [3.63, 3.8) is 0 Å². The van der Waals surface area contributed by atoms with Gasteiger partial charge < -0.3 is 25.4 Å². The van der Waals surface area contributed by atoms with Crippen LogP contribution in [0.3, 0.4) is 0 Å². The summed E-state index contributed by atoms with van der Waals surface area (Å²) < 4.78 is 13.1. The quantitative estimate of drug-likeness (QED) is 0.467. The van der Waals surface area contributed by atoms with Gasteiger partial charge in [0, 0.05) is 53.4 Å². The largest absolute Gasteiger partial charge is 0.351 e. The Morgan fingerprint density at radius 1 is 1.19 bits per heavy atom. The third kappa shape index (κ3) is 5.09. The van der Waals surface area contributed by atoms with Crippen LogP contribution in [-0.4, -0.2) is 82.9 Å². The molecule has 0 unspecified atom stereocenters. The molecular weight excluding hydrogens is 507 g/mol. The monoisotopic (exact) mass is 532 g/mol. The van der Waals surface area contributed by atoms with Gasteiger partial charge in [-0.1, -0.05) is 11.6 Å². The number of amides is 3. The first-order valence-corrected chi connectivity index (χ1v) is 12.9. The number of likely N-dealkylation sites (N-methyl/N-ethyl adjacent to an activating group) is 1. The van der Waals surface area contributed by atoms with Crippen molar-refractivity contribution >= 4 is 51.6 Å². The molecule has 0 radical (unpaired) electrons. The highest BCUT2D eigenvalue weighted by Crippen LogP contribution is 2.25. The summed E-state index contributed by atoms with van der Waals surface area (Å²) in [4.78, 5) is 50.4. The van der Waals surface area contributed by atoms with Crippen molar-refractivity contribution < 1.29 is 18.8 Å². The summed E-state index contributed by atoms with van der Waals surface area (Å²) in [7, 11) is 2.02. The predicted octanol–water partition coefficient (Wildman–Crippen LogP) is 2.36. The van der Waals surface area contributed by atoms with Gasteiger partial charge in [-0.05, 0) is 37.7 Å². The van der Waals surface area contributed by atoms with Gasteiger partial charge in [-0.2, -0.15) is 0 Å². The van der Waals surface area contributed by atoms with E-state index in [-0.39, 0.29) is 24.9 Å². The minimum atomic E-state index is -1.11. The SMILES string of the molecule is CN1CCc2nc(C(=O)N[C@@H]3CN(C(=O)CF)CC[C@@H]3NC(=O)c3cc4cc(Cl)ccc4[nH]3)sc2C1. The van der Waals surface area contributed by atoms with E-state index in [1.54, 1.807) is 24.3 Å². The minimum Gasteiger partial charge on any atom is -0.351 e. The highest BCUT2D eigenvalue weighted by Gasteiger charge is 2.35. The first kappa shape index (κ1) is 24.7. The number of carbonyl (C=O) groups is 3. The standard InChI is InChI=1S/C24H26ClFN6O3S/c1-31-6-4-17-20(12-31)36-24(30-17)23(35)29-19-11-32(21(33)10-26)7-5-16(19)28-22(34)18-9-13-8-14(25)2-3-15(13)27-18/h2-3,8-9,16,19,27H,4-7,10-12H2,1H3,(H,28,34)(H,29,35)/t16-,19+/m0/s1. The summed E-state index contributed by atoms with van der Waals surface area (Å²) >= 11 is 7.41. The number of hydrogen-bond donors (Lipinski definition) is 3. The predicted molar refractivity (Wildman–Crippen MR) is 135 cm³/mol. The Balaban J connectivity index is 1.33. The number of H-pyrrole nitrogens is 1. The molecular formula is C24H26ClFN6O3S. The van der Waals surface area contributed by atoms with Crippen molar-refractivity contribution in [2.45, 2.75) is 31.5 Å². The molecule has 0 aliphatic carbocycles. The van der Waals surface area contributed by atoms with Crippen LogP contribution in [0, 0.1) is 0 Å². The number of fused-ring (bicyclic) bond motifs is 2. The van der Waals surface area contributed by atoms with Crippen molar-refractivity contribution in [3.8, 4) is 0 Å². The maximum absolute atomic E-state index is 13.1. The molecule has 0 spiro atoms. The second kappa shape index (κ2) is 10.2. The average molecular weight is 533 g/mol. The molecule has 2 aliphatic heterocycles. The van der Waals surface area contributed by atoms with Crippen molar-refractivity contribution in [2.24, 2.45) is 0 Å². The molecule has 9 nitrogen and oxygen atoms in total. The van der Waals surface area contributed by atoms with Crippen LogP contribution < -0.4 is 10.6 Å². The Morgan fingerprint density at radius 2 is 2.00 bits per heavy atom. The van der Waals surface area contributed by atoms with Gasteiger partial charge >= 0.3 is 0 Å². The van der Waals surface area contributed by atoms with E-state index in [4.69, 9.17) is 11.6 Å². The Bertz CT molecular complexity index is 1330. The number of alkyl halides is 1. The van der Waals surface area contributed by atoms with E-state index in [0.717, 1.165) is 41.0 Å². The molecule has 2 aliphatic rings. The summed E-state index contributed by atoms with van der Waals surface area (Å²) in [5.74, 6) is -1.35. The van der Waals surface area contributed by atoms with Gasteiger partial charge in [-0.25, -0.2) is 9.37 Å². The molecule has 2 aromatic heterocycles. The topological polar surface area (TPSA) is 110 Å². The summed E-state index contributed by atoms with van der Waals surface area (Å²) in [5, 5.41) is 7.64. The Hall–Kier alpha value is -3.02. The van der Waals surface area contributed by atoms with Crippen LogP contribution in [0.5, 0.6) is 0 Å². The van der Waals surface area contributed by atoms with Gasteiger partial charge in [-0.15, -0.1) is 11.3 Å². The maximum Gasteiger partial charge on any atom is 0.280 e. The molecule has 1 fully saturated rings. The number of nitrogens with zero attached hydrogens (tertiary/aromatic N) is 3. The van der Waals surface area contributed by atoms with Crippen LogP contribution in [0.1, 0.15) is 37.3 Å². The zero-order valence-electron chi connectivity index (χ0n) is 19.6. The summed E-state index contributed by atoms with van der Waals surface area (Å²) in [5.41, 5.74) is 2.07. The number of benzene rings is 1. The number of aromatic amines is 1. The van der Waals surface area contributed by atoms with Crippen LogP contribution in [-0.2, 0) is 17.8 Å². The highest BCUT2D eigenvalue weighted by atomic mass is 35.5. The van der Waals surface area contributed by atoms with Crippen LogP contribution in [0.25, 0.3) is 10.9 Å². The fraction of sp³-hybridized carbons (Fsp3) is 0.417. The number of halogens is 2. The molecule has 3 aromatic rings. The lowest BCUT2D eigenvalue weighted by atomic mass is 9.98. The molecule has 12 heteroatoms. The highest BCUT2D eigenvalue weighted by molar-refractivity contribution is 7.13. The molecule has 0 bridgehead atoms. The van der Waals surface area contributed by atoms with Gasteiger partial charge in [-0.3, -0.25) is 14.4 Å². The van der Waals surface area contributed by atoms with Crippen LogP contribution >= 0.6 is 22.9 Å². The summed E-state index contributed by atoms with van der Waals surface area (Å²) in [6.07, 6.45) is 1.15. The number of nitrogens with one attached hydrogen (secondary N) is 3. The minimum absolute atomic E-state index is 0.0928. The lowest BCUT2D eigenvalue weighted by molar-refractivity contribution is -0.133. The third-order valence-electron chi connectivity index (χ3n) is 6.66. The third-order valence-corrected chi connectivity index (χ3v) is 7.97. The van der Waals surface area contributed by atoms with E-state index >= 15 is 0 Å². The zero-order valence-corrected chi connectivity index (χ0v) is 21.2. The Kier molecular flexibility index (Phi) is 6.96. The molecule has 36 heavy (non-hydrogen) atoms. The van der Waals surface area contributed by atoms with Crippen molar-refractivity contribution in [2.75, 3.05) is 33.4 Å². The average Bonchev–Trinajstić information content (AvgIpc) is 3.48. The smallest absolute Gasteiger partial charge is 0.280 e. The molecule has 5 rings (SSSR count). The van der Waals surface area contributed by atoms with Crippen molar-refractivity contribution in [1.82, 2.24) is 30.4 Å². The number of thiazole rings is 1. The number of rotatable bonds is 5. The lowest BCUT2D eigenvalue weighted by Crippen LogP contribution is -2.61. The first-order chi connectivity index (χ1) is 17.3. The molecule has 190 valence electrons. The van der Waals surface area contributed by atoms with Gasteiger partial charge in [0.2, 0.25) is 0 Å². The number of piperidine rings is 1. The fourth-order valence-electron chi connectivity index (χ4n) is 4.70. The van der Waals surface area contributed by atoms with E-state index in [1.165, 1.54) is 16.2 Å². The van der Waals surface area contributed by atoms with E-state index in [0.29, 0.717) is 22.1 Å². The molecule has 0 saturated carbocycles. The molecule has 3 N–H and O–H groups in total. The summed E-state index contributed by atoms with van der Waals surface area (Å²) in [6.45, 7) is 0.892. The molecule has 1 saturated heterocycles. The lowest BCUT2D eigenvalue weighted by Gasteiger charge is -2.38. The van der Waals surface area contributed by atoms with Gasteiger partial charge in [0.05, 0.1) is 17.8 Å². The number of hydrogen-bond acceptors (Lipinski definition) is 6. The molecule has 4 heterocycles. The second-order valence-corrected chi connectivity index (χ2v) is 10.7. The van der Waals surface area contributed by atoms with E-state index in [1.807, 2.05) is 7.05 Å².